The molecule has 0 aliphatic carbocycles. The maximum atomic E-state index is 9.29. The standard InChI is InChI=1S/C19H20N2O2/c1-14(2)18-11-16(22-3)9-10-19(18)23-17(12-20)13-21-15-7-5-4-6-8-15/h4-11,13-14,21H,1-3H3. The number of benzene rings is 2. The van der Waals surface area contributed by atoms with Crippen molar-refractivity contribution in [3.05, 3.63) is 66.1 Å². The number of nitriles is 1. The molecule has 0 unspecified atom stereocenters. The van der Waals surface area contributed by atoms with Crippen LogP contribution in [-0.2, 0) is 0 Å². The highest BCUT2D eigenvalue weighted by Crippen LogP contribution is 2.31. The van der Waals surface area contributed by atoms with Crippen LogP contribution in [-0.4, -0.2) is 7.11 Å². The molecule has 0 aromatic heterocycles. The van der Waals surface area contributed by atoms with E-state index in [1.165, 1.54) is 0 Å². The summed E-state index contributed by atoms with van der Waals surface area (Å²) >= 11 is 0. The number of hydrogen-bond donors (Lipinski definition) is 1. The van der Waals surface area contributed by atoms with Gasteiger partial charge in [0.2, 0.25) is 5.76 Å². The number of rotatable bonds is 6. The number of ether oxygens (including phenoxy) is 2. The van der Waals surface area contributed by atoms with Gasteiger partial charge < -0.3 is 14.8 Å². The average Bonchev–Trinajstić information content (AvgIpc) is 2.59. The Labute approximate surface area is 137 Å². The topological polar surface area (TPSA) is 54.3 Å². The number of nitrogens with one attached hydrogen (secondary N) is 1. The Kier molecular flexibility index (Phi) is 5.65. The minimum Gasteiger partial charge on any atom is -0.497 e. The van der Waals surface area contributed by atoms with Crippen molar-refractivity contribution in [2.45, 2.75) is 19.8 Å². The fourth-order valence-corrected chi connectivity index (χ4v) is 2.08. The molecule has 0 radical (unpaired) electrons. The quantitative estimate of drug-likeness (QED) is 0.622. The Bertz CT molecular complexity index is 716. The summed E-state index contributed by atoms with van der Waals surface area (Å²) in [6.07, 6.45) is 1.56. The highest BCUT2D eigenvalue weighted by atomic mass is 16.5. The third-order valence-corrected chi connectivity index (χ3v) is 3.31. The van der Waals surface area contributed by atoms with Crippen molar-refractivity contribution >= 4 is 5.69 Å². The van der Waals surface area contributed by atoms with Gasteiger partial charge in [-0.1, -0.05) is 32.0 Å². The van der Waals surface area contributed by atoms with Gasteiger partial charge in [-0.15, -0.1) is 0 Å². The molecule has 0 spiro atoms. The molecule has 4 heteroatoms. The summed E-state index contributed by atoms with van der Waals surface area (Å²) in [5, 5.41) is 12.3. The zero-order chi connectivity index (χ0) is 16.7. The number of hydrogen-bond acceptors (Lipinski definition) is 4. The van der Waals surface area contributed by atoms with E-state index in [0.717, 1.165) is 17.0 Å². The van der Waals surface area contributed by atoms with Gasteiger partial charge in [0.05, 0.1) is 13.3 Å². The van der Waals surface area contributed by atoms with Crippen molar-refractivity contribution in [3.63, 3.8) is 0 Å². The molecule has 0 fully saturated rings. The molecule has 0 saturated carbocycles. The van der Waals surface area contributed by atoms with Crippen LogP contribution in [0.3, 0.4) is 0 Å². The van der Waals surface area contributed by atoms with E-state index in [1.807, 2.05) is 48.5 Å². The number of allylic oxidation sites excluding steroid dienone is 1. The second kappa shape index (κ2) is 7.90. The van der Waals surface area contributed by atoms with Crippen LogP contribution in [0.1, 0.15) is 25.3 Å². The number of methoxy groups -OCH3 is 1. The molecule has 0 amide bonds. The number of para-hydroxylation sites is 1. The summed E-state index contributed by atoms with van der Waals surface area (Å²) in [5.41, 5.74) is 1.88. The van der Waals surface area contributed by atoms with E-state index in [0.29, 0.717) is 5.75 Å². The monoisotopic (exact) mass is 308 g/mol. The molecular formula is C19H20N2O2. The summed E-state index contributed by atoms with van der Waals surface area (Å²) < 4.78 is 11.0. The van der Waals surface area contributed by atoms with E-state index < -0.39 is 0 Å². The van der Waals surface area contributed by atoms with Gasteiger partial charge in [-0.25, -0.2) is 0 Å². The summed E-state index contributed by atoms with van der Waals surface area (Å²) in [5.74, 6) is 1.87. The molecule has 23 heavy (non-hydrogen) atoms. The van der Waals surface area contributed by atoms with Crippen molar-refractivity contribution < 1.29 is 9.47 Å². The van der Waals surface area contributed by atoms with Gasteiger partial charge in [-0.05, 0) is 36.2 Å². The van der Waals surface area contributed by atoms with Crippen LogP contribution in [0.4, 0.5) is 5.69 Å². The van der Waals surface area contributed by atoms with E-state index >= 15 is 0 Å². The molecule has 4 nitrogen and oxygen atoms in total. The Morgan fingerprint density at radius 1 is 1.17 bits per heavy atom. The Hall–Kier alpha value is -2.93. The number of anilines is 1. The van der Waals surface area contributed by atoms with Gasteiger partial charge in [-0.2, -0.15) is 5.26 Å². The second-order valence-corrected chi connectivity index (χ2v) is 5.29. The molecule has 0 aliphatic heterocycles. The van der Waals surface area contributed by atoms with E-state index in [2.05, 4.69) is 25.2 Å². The lowest BCUT2D eigenvalue weighted by Crippen LogP contribution is -2.01. The van der Waals surface area contributed by atoms with E-state index in [4.69, 9.17) is 9.47 Å². The van der Waals surface area contributed by atoms with E-state index in [-0.39, 0.29) is 11.7 Å². The predicted octanol–water partition coefficient (Wildman–Crippen LogP) is 4.67. The van der Waals surface area contributed by atoms with Gasteiger partial charge >= 0.3 is 0 Å². The summed E-state index contributed by atoms with van der Waals surface area (Å²) in [7, 11) is 1.63. The molecule has 2 rings (SSSR count). The molecule has 0 saturated heterocycles. The first kappa shape index (κ1) is 16.4. The van der Waals surface area contributed by atoms with Crippen LogP contribution in [0.5, 0.6) is 11.5 Å². The third-order valence-electron chi connectivity index (χ3n) is 3.31. The molecule has 2 aromatic rings. The van der Waals surface area contributed by atoms with Crippen molar-refractivity contribution in [1.29, 1.82) is 5.26 Å². The lowest BCUT2D eigenvalue weighted by atomic mass is 10.0. The first-order chi connectivity index (χ1) is 11.1. The number of nitrogens with zero attached hydrogens (tertiary/aromatic N) is 1. The van der Waals surface area contributed by atoms with Gasteiger partial charge in [0.15, 0.2) is 0 Å². The maximum absolute atomic E-state index is 9.29. The molecule has 2 aromatic carbocycles. The van der Waals surface area contributed by atoms with Gasteiger partial charge in [0, 0.05) is 11.3 Å². The fraction of sp³-hybridized carbons (Fsp3) is 0.211. The molecular weight excluding hydrogens is 288 g/mol. The third kappa shape index (κ3) is 4.52. The molecule has 1 N–H and O–H groups in total. The largest absolute Gasteiger partial charge is 0.497 e. The predicted molar refractivity (Wildman–Crippen MR) is 91.5 cm³/mol. The molecule has 0 aliphatic rings. The minimum absolute atomic E-state index is 0.195. The van der Waals surface area contributed by atoms with Gasteiger partial charge in [-0.3, -0.25) is 0 Å². The molecule has 0 atom stereocenters. The molecule has 0 heterocycles. The van der Waals surface area contributed by atoms with Crippen LogP contribution in [0.25, 0.3) is 0 Å². The first-order valence-electron chi connectivity index (χ1n) is 7.41. The van der Waals surface area contributed by atoms with Crippen molar-refractivity contribution in [3.8, 4) is 17.6 Å². The van der Waals surface area contributed by atoms with Crippen molar-refractivity contribution in [2.75, 3.05) is 12.4 Å². The molecule has 118 valence electrons. The van der Waals surface area contributed by atoms with Gasteiger partial charge in [0.25, 0.3) is 0 Å². The van der Waals surface area contributed by atoms with Crippen molar-refractivity contribution in [2.24, 2.45) is 0 Å². The Morgan fingerprint density at radius 2 is 1.91 bits per heavy atom. The van der Waals surface area contributed by atoms with Crippen molar-refractivity contribution in [1.82, 2.24) is 0 Å². The van der Waals surface area contributed by atoms with E-state index in [9.17, 15) is 5.26 Å². The van der Waals surface area contributed by atoms with Crippen LogP contribution in [0, 0.1) is 11.3 Å². The van der Waals surface area contributed by atoms with Crippen LogP contribution < -0.4 is 14.8 Å². The normalized spacial score (nSPS) is 11.0. The lowest BCUT2D eigenvalue weighted by Gasteiger charge is -2.14. The maximum Gasteiger partial charge on any atom is 0.219 e. The smallest absolute Gasteiger partial charge is 0.219 e. The molecule has 0 bridgehead atoms. The lowest BCUT2D eigenvalue weighted by molar-refractivity contribution is 0.408. The van der Waals surface area contributed by atoms with E-state index in [1.54, 1.807) is 13.3 Å². The van der Waals surface area contributed by atoms with Crippen LogP contribution >= 0.6 is 0 Å². The van der Waals surface area contributed by atoms with Crippen LogP contribution in [0.2, 0.25) is 0 Å². The summed E-state index contributed by atoms with van der Waals surface area (Å²) in [6.45, 7) is 4.14. The second-order valence-electron chi connectivity index (χ2n) is 5.29. The minimum atomic E-state index is 0.195. The van der Waals surface area contributed by atoms with Crippen LogP contribution in [0.15, 0.2) is 60.5 Å². The zero-order valence-corrected chi connectivity index (χ0v) is 13.5. The summed E-state index contributed by atoms with van der Waals surface area (Å²) in [4.78, 5) is 0. The first-order valence-corrected chi connectivity index (χ1v) is 7.41. The fourth-order valence-electron chi connectivity index (χ4n) is 2.08. The van der Waals surface area contributed by atoms with Gasteiger partial charge in [0.1, 0.15) is 17.6 Å². The highest BCUT2D eigenvalue weighted by Gasteiger charge is 2.11. The average molecular weight is 308 g/mol. The zero-order valence-electron chi connectivity index (χ0n) is 13.5. The Balaban J connectivity index is 2.20. The summed E-state index contributed by atoms with van der Waals surface area (Å²) in [6, 6.07) is 17.2. The highest BCUT2D eigenvalue weighted by molar-refractivity contribution is 5.47. The SMILES string of the molecule is COc1ccc(OC(C#N)=CNc2ccccc2)c(C(C)C)c1. The Morgan fingerprint density at radius 3 is 2.52 bits per heavy atom.